The molecule has 5 nitrogen and oxygen atoms in total. The molecule has 2 amide bonds. The molecule has 1 aromatic carbocycles. The molecule has 5 heteroatoms. The van der Waals surface area contributed by atoms with E-state index in [1.54, 1.807) is 33.4 Å². The maximum absolute atomic E-state index is 11.0. The van der Waals surface area contributed by atoms with Crippen LogP contribution in [0.25, 0.3) is 6.08 Å². The number of benzene rings is 1. The molecule has 0 unspecified atom stereocenters. The summed E-state index contributed by atoms with van der Waals surface area (Å²) in [5.41, 5.74) is 0.822. The first-order chi connectivity index (χ1) is 8.21. The molecule has 0 aliphatic rings. The first-order valence-corrected chi connectivity index (χ1v) is 5.08. The summed E-state index contributed by atoms with van der Waals surface area (Å²) in [6.07, 6.45) is 3.27. The fraction of sp³-hybridized carbons (Fsp3) is 0.250. The molecule has 0 spiro atoms. The second-order valence-electron chi connectivity index (χ2n) is 3.16. The Morgan fingerprint density at radius 3 is 2.65 bits per heavy atom. The van der Waals surface area contributed by atoms with E-state index in [1.165, 1.54) is 6.20 Å². The van der Waals surface area contributed by atoms with Gasteiger partial charge in [0.25, 0.3) is 0 Å². The molecule has 0 aliphatic heterocycles. The van der Waals surface area contributed by atoms with Crippen molar-refractivity contribution in [2.75, 3.05) is 21.3 Å². The predicted molar refractivity (Wildman–Crippen MR) is 66.2 cm³/mol. The van der Waals surface area contributed by atoms with Gasteiger partial charge in [0.15, 0.2) is 0 Å². The number of ether oxygens (including phenoxy) is 2. The normalized spacial score (nSPS) is 10.1. The molecule has 0 aliphatic carbocycles. The van der Waals surface area contributed by atoms with Crippen LogP contribution in [0.4, 0.5) is 4.79 Å². The molecule has 2 N–H and O–H groups in total. The molecule has 0 fully saturated rings. The Balaban J connectivity index is 2.83. The lowest BCUT2D eigenvalue weighted by Crippen LogP contribution is -2.28. The van der Waals surface area contributed by atoms with Gasteiger partial charge in [-0.15, -0.1) is 0 Å². The van der Waals surface area contributed by atoms with Crippen LogP contribution in [0.5, 0.6) is 11.5 Å². The summed E-state index contributed by atoms with van der Waals surface area (Å²) in [7, 11) is 4.73. The van der Waals surface area contributed by atoms with Gasteiger partial charge in [0.1, 0.15) is 11.5 Å². The number of urea groups is 1. The molecule has 92 valence electrons. The number of rotatable bonds is 4. The number of carbonyl (C=O) groups is 1. The minimum atomic E-state index is -0.275. The minimum Gasteiger partial charge on any atom is -0.497 e. The fourth-order valence-electron chi connectivity index (χ4n) is 1.25. The smallest absolute Gasteiger partial charge is 0.318 e. The summed E-state index contributed by atoms with van der Waals surface area (Å²) >= 11 is 0. The Morgan fingerprint density at radius 2 is 2.06 bits per heavy atom. The van der Waals surface area contributed by atoms with E-state index in [0.717, 1.165) is 11.3 Å². The molecular weight excluding hydrogens is 220 g/mol. The van der Waals surface area contributed by atoms with Crippen LogP contribution in [0.2, 0.25) is 0 Å². The van der Waals surface area contributed by atoms with E-state index < -0.39 is 0 Å². The highest BCUT2D eigenvalue weighted by Crippen LogP contribution is 2.24. The fourth-order valence-corrected chi connectivity index (χ4v) is 1.25. The summed E-state index contributed by atoms with van der Waals surface area (Å²) < 4.78 is 10.3. The topological polar surface area (TPSA) is 59.6 Å². The van der Waals surface area contributed by atoms with Crippen LogP contribution in [0, 0.1) is 0 Å². The maximum Gasteiger partial charge on any atom is 0.318 e. The van der Waals surface area contributed by atoms with E-state index in [4.69, 9.17) is 9.47 Å². The van der Waals surface area contributed by atoms with Gasteiger partial charge < -0.3 is 20.1 Å². The average molecular weight is 236 g/mol. The zero-order valence-electron chi connectivity index (χ0n) is 10.1. The van der Waals surface area contributed by atoms with Crippen molar-refractivity contribution < 1.29 is 14.3 Å². The van der Waals surface area contributed by atoms with Gasteiger partial charge in [-0.25, -0.2) is 4.79 Å². The lowest BCUT2D eigenvalue weighted by atomic mass is 10.2. The van der Waals surface area contributed by atoms with Crippen LogP contribution in [0.15, 0.2) is 24.4 Å². The molecule has 0 saturated carbocycles. The van der Waals surface area contributed by atoms with Crippen molar-refractivity contribution >= 4 is 12.1 Å². The standard InChI is InChI=1S/C12H16N2O3/c1-13-12(15)14-7-6-9-8-10(16-2)4-5-11(9)17-3/h4-8H,1-3H3,(H2,13,14,15)/b7-6+. The SMILES string of the molecule is CNC(=O)N/C=C/c1cc(OC)ccc1OC. The molecule has 0 heterocycles. The second kappa shape index (κ2) is 6.42. The van der Waals surface area contributed by atoms with Crippen LogP contribution in [0.1, 0.15) is 5.56 Å². The molecule has 0 aromatic heterocycles. The van der Waals surface area contributed by atoms with Gasteiger partial charge in [0.05, 0.1) is 14.2 Å². The summed E-state index contributed by atoms with van der Waals surface area (Å²) in [4.78, 5) is 11.0. The van der Waals surface area contributed by atoms with Gasteiger partial charge in [-0.3, -0.25) is 0 Å². The van der Waals surface area contributed by atoms with E-state index in [0.29, 0.717) is 5.75 Å². The lowest BCUT2D eigenvalue weighted by Gasteiger charge is -2.07. The van der Waals surface area contributed by atoms with E-state index in [2.05, 4.69) is 10.6 Å². The van der Waals surface area contributed by atoms with Crippen molar-refractivity contribution in [3.63, 3.8) is 0 Å². The van der Waals surface area contributed by atoms with E-state index in [9.17, 15) is 4.79 Å². The molecule has 0 radical (unpaired) electrons. The average Bonchev–Trinajstić information content (AvgIpc) is 2.38. The summed E-state index contributed by atoms with van der Waals surface area (Å²) in [6.45, 7) is 0. The summed E-state index contributed by atoms with van der Waals surface area (Å²) in [5, 5.41) is 4.99. The second-order valence-corrected chi connectivity index (χ2v) is 3.16. The quantitative estimate of drug-likeness (QED) is 0.834. The van der Waals surface area contributed by atoms with E-state index in [1.807, 2.05) is 12.1 Å². The first-order valence-electron chi connectivity index (χ1n) is 5.08. The third-order valence-corrected chi connectivity index (χ3v) is 2.14. The zero-order chi connectivity index (χ0) is 12.7. The van der Waals surface area contributed by atoms with Crippen molar-refractivity contribution in [3.05, 3.63) is 30.0 Å². The molecule has 0 atom stereocenters. The van der Waals surface area contributed by atoms with Crippen molar-refractivity contribution in [3.8, 4) is 11.5 Å². The first kappa shape index (κ1) is 12.9. The van der Waals surface area contributed by atoms with E-state index in [-0.39, 0.29) is 6.03 Å². The Bertz CT molecular complexity index is 416. The Morgan fingerprint density at radius 1 is 1.29 bits per heavy atom. The van der Waals surface area contributed by atoms with Crippen LogP contribution >= 0.6 is 0 Å². The molecule has 0 bridgehead atoms. The summed E-state index contributed by atoms with van der Waals surface area (Å²) in [5.74, 6) is 1.44. The highest BCUT2D eigenvalue weighted by atomic mass is 16.5. The molecule has 1 rings (SSSR count). The van der Waals surface area contributed by atoms with E-state index >= 15 is 0 Å². The number of hydrogen-bond donors (Lipinski definition) is 2. The van der Waals surface area contributed by atoms with Crippen LogP contribution in [-0.2, 0) is 0 Å². The Kier molecular flexibility index (Phi) is 4.87. The number of nitrogens with one attached hydrogen (secondary N) is 2. The molecule has 17 heavy (non-hydrogen) atoms. The summed E-state index contributed by atoms with van der Waals surface area (Å²) in [6, 6.07) is 5.16. The highest BCUT2D eigenvalue weighted by Gasteiger charge is 2.01. The van der Waals surface area contributed by atoms with Gasteiger partial charge in [0, 0.05) is 18.8 Å². The van der Waals surface area contributed by atoms with Gasteiger partial charge in [-0.2, -0.15) is 0 Å². The number of amides is 2. The number of methoxy groups -OCH3 is 2. The molecule has 1 aromatic rings. The largest absolute Gasteiger partial charge is 0.497 e. The zero-order valence-corrected chi connectivity index (χ0v) is 10.1. The van der Waals surface area contributed by atoms with Crippen LogP contribution in [0.3, 0.4) is 0 Å². The minimum absolute atomic E-state index is 0.275. The van der Waals surface area contributed by atoms with Crippen molar-refractivity contribution in [2.45, 2.75) is 0 Å². The van der Waals surface area contributed by atoms with Crippen molar-refractivity contribution in [1.29, 1.82) is 0 Å². The molecule has 0 saturated heterocycles. The van der Waals surface area contributed by atoms with Crippen LogP contribution in [-0.4, -0.2) is 27.3 Å². The molecular formula is C12H16N2O3. The van der Waals surface area contributed by atoms with Crippen LogP contribution < -0.4 is 20.1 Å². The van der Waals surface area contributed by atoms with Gasteiger partial charge in [-0.05, 0) is 24.3 Å². The number of carbonyl (C=O) groups excluding carboxylic acids is 1. The monoisotopic (exact) mass is 236 g/mol. The van der Waals surface area contributed by atoms with Crippen molar-refractivity contribution in [1.82, 2.24) is 10.6 Å². The van der Waals surface area contributed by atoms with Gasteiger partial charge in [-0.1, -0.05) is 0 Å². The highest BCUT2D eigenvalue weighted by molar-refractivity contribution is 5.75. The number of hydrogen-bond acceptors (Lipinski definition) is 3. The van der Waals surface area contributed by atoms with Gasteiger partial charge >= 0.3 is 6.03 Å². The third kappa shape index (κ3) is 3.71. The van der Waals surface area contributed by atoms with Gasteiger partial charge in [0.2, 0.25) is 0 Å². The third-order valence-electron chi connectivity index (χ3n) is 2.14. The predicted octanol–water partition coefficient (Wildman–Crippen LogP) is 1.60. The Hall–Kier alpha value is -2.17. The van der Waals surface area contributed by atoms with Crippen molar-refractivity contribution in [2.24, 2.45) is 0 Å². The lowest BCUT2D eigenvalue weighted by molar-refractivity contribution is 0.246. The maximum atomic E-state index is 11.0. The Labute approximate surface area is 100 Å².